The molecule has 0 aliphatic heterocycles. The van der Waals surface area contributed by atoms with Crippen LogP contribution in [0.3, 0.4) is 0 Å². The number of hydrogen-bond donors (Lipinski definition) is 1. The molecule has 0 fully saturated rings. The Kier molecular flexibility index (Phi) is 9.65. The summed E-state index contributed by atoms with van der Waals surface area (Å²) in [6.07, 6.45) is 3.52. The molecular weight excluding hydrogens is 196 g/mol. The first-order chi connectivity index (χ1) is 7.31. The van der Waals surface area contributed by atoms with Gasteiger partial charge in [-0.25, -0.2) is 0 Å². The number of hydrogen-bond acceptors (Lipinski definition) is 3. The highest BCUT2D eigenvalue weighted by Gasteiger charge is 2.02. The van der Waals surface area contributed by atoms with E-state index in [1.807, 2.05) is 0 Å². The van der Waals surface area contributed by atoms with Gasteiger partial charge in [-0.3, -0.25) is 0 Å². The number of unbranched alkanes of at least 4 members (excludes halogenated alkanes) is 2. The third-order valence-corrected chi connectivity index (χ3v) is 1.98. The van der Waals surface area contributed by atoms with Crippen molar-refractivity contribution >= 4 is 0 Å². The predicted molar refractivity (Wildman–Crippen MR) is 57.1 cm³/mol. The monoisotopic (exact) mass is 212 g/mol. The lowest BCUT2D eigenvalue weighted by Gasteiger charge is -2.07. The molecule has 15 heavy (non-hydrogen) atoms. The quantitative estimate of drug-likeness (QED) is 0.269. The van der Waals surface area contributed by atoms with E-state index in [2.05, 4.69) is 20.1 Å². The van der Waals surface area contributed by atoms with E-state index in [0.29, 0.717) is 25.9 Å². The molecule has 0 rings (SSSR count). The molecule has 0 spiro atoms. The zero-order chi connectivity index (χ0) is 11.4. The zero-order valence-corrected chi connectivity index (χ0v) is 8.66. The van der Waals surface area contributed by atoms with Crippen molar-refractivity contribution in [3.63, 3.8) is 0 Å². The summed E-state index contributed by atoms with van der Waals surface area (Å²) >= 11 is 0. The Labute approximate surface area is 88.4 Å². The minimum absolute atomic E-state index is 0.344. The fourth-order valence-corrected chi connectivity index (χ4v) is 1.18. The minimum Gasteiger partial charge on any atom is -0.393 e. The van der Waals surface area contributed by atoms with Crippen molar-refractivity contribution in [2.75, 3.05) is 13.1 Å². The van der Waals surface area contributed by atoms with Crippen LogP contribution in [0.15, 0.2) is 10.2 Å². The Bertz CT molecular complexity index is 244. The van der Waals surface area contributed by atoms with Gasteiger partial charge in [-0.15, -0.1) is 0 Å². The third-order valence-electron chi connectivity index (χ3n) is 1.98. The van der Waals surface area contributed by atoms with Crippen LogP contribution < -0.4 is 0 Å². The molecule has 0 aromatic heterocycles. The van der Waals surface area contributed by atoms with Gasteiger partial charge < -0.3 is 5.11 Å². The van der Waals surface area contributed by atoms with Crippen molar-refractivity contribution in [3.05, 3.63) is 20.9 Å². The first-order valence-corrected chi connectivity index (χ1v) is 5.01. The molecule has 0 saturated carbocycles. The topological polar surface area (TPSA) is 118 Å². The van der Waals surface area contributed by atoms with E-state index in [4.69, 9.17) is 11.1 Å². The predicted octanol–water partition coefficient (Wildman–Crippen LogP) is 2.92. The average molecular weight is 212 g/mol. The highest BCUT2D eigenvalue weighted by Crippen LogP contribution is 2.06. The standard InChI is InChI=1S/C8H16N6O/c9-13-11-6-3-1-2-4-8(15)5-7-12-14-10/h8,15H,1-7H2/t8-/m1/s1. The lowest BCUT2D eigenvalue weighted by atomic mass is 10.1. The normalized spacial score (nSPS) is 11.3. The first kappa shape index (κ1) is 13.6. The summed E-state index contributed by atoms with van der Waals surface area (Å²) in [5.41, 5.74) is 16.0. The van der Waals surface area contributed by atoms with Crippen LogP contribution in [0.2, 0.25) is 0 Å². The molecule has 7 heteroatoms. The van der Waals surface area contributed by atoms with Crippen LogP contribution in [0.4, 0.5) is 0 Å². The van der Waals surface area contributed by atoms with Crippen LogP contribution in [0, 0.1) is 0 Å². The Hall–Kier alpha value is -1.42. The van der Waals surface area contributed by atoms with Gasteiger partial charge in [-0.1, -0.05) is 23.1 Å². The molecule has 0 radical (unpaired) electrons. The molecule has 0 saturated heterocycles. The second-order valence-electron chi connectivity index (χ2n) is 3.20. The molecular formula is C8H16N6O. The molecule has 0 aromatic carbocycles. The van der Waals surface area contributed by atoms with E-state index in [1.54, 1.807) is 0 Å². The second-order valence-corrected chi connectivity index (χ2v) is 3.20. The van der Waals surface area contributed by atoms with Crippen LogP contribution in [0.25, 0.3) is 20.9 Å². The van der Waals surface area contributed by atoms with E-state index >= 15 is 0 Å². The van der Waals surface area contributed by atoms with Gasteiger partial charge in [0.25, 0.3) is 0 Å². The Morgan fingerprint density at radius 3 is 2.27 bits per heavy atom. The summed E-state index contributed by atoms with van der Waals surface area (Å²) in [6, 6.07) is 0. The van der Waals surface area contributed by atoms with Gasteiger partial charge in [0.15, 0.2) is 0 Å². The van der Waals surface area contributed by atoms with Crippen molar-refractivity contribution in [1.29, 1.82) is 0 Å². The summed E-state index contributed by atoms with van der Waals surface area (Å²) in [4.78, 5) is 5.25. The molecule has 0 bridgehead atoms. The maximum Gasteiger partial charge on any atom is 0.0541 e. The van der Waals surface area contributed by atoms with Crippen molar-refractivity contribution in [2.24, 2.45) is 10.2 Å². The molecule has 1 N–H and O–H groups in total. The number of nitrogens with zero attached hydrogens (tertiary/aromatic N) is 6. The highest BCUT2D eigenvalue weighted by atomic mass is 16.3. The molecule has 0 amide bonds. The van der Waals surface area contributed by atoms with Gasteiger partial charge in [0, 0.05) is 22.9 Å². The lowest BCUT2D eigenvalue weighted by Crippen LogP contribution is -2.07. The summed E-state index contributed by atoms with van der Waals surface area (Å²) in [5.74, 6) is 0. The number of azide groups is 2. The largest absolute Gasteiger partial charge is 0.393 e. The Morgan fingerprint density at radius 2 is 1.60 bits per heavy atom. The molecule has 0 aromatic rings. The van der Waals surface area contributed by atoms with Crippen molar-refractivity contribution in [2.45, 2.75) is 38.2 Å². The van der Waals surface area contributed by atoms with E-state index in [0.717, 1.165) is 19.3 Å². The average Bonchev–Trinajstić information content (AvgIpc) is 2.23. The molecule has 0 aliphatic rings. The lowest BCUT2D eigenvalue weighted by molar-refractivity contribution is 0.153. The summed E-state index contributed by atoms with van der Waals surface area (Å²) in [5, 5.41) is 16.2. The highest BCUT2D eigenvalue weighted by molar-refractivity contribution is 4.59. The van der Waals surface area contributed by atoms with Crippen molar-refractivity contribution < 1.29 is 5.11 Å². The van der Waals surface area contributed by atoms with E-state index in [9.17, 15) is 5.11 Å². The first-order valence-electron chi connectivity index (χ1n) is 5.01. The SMILES string of the molecule is [N-]=[N+]=NCCCCC[C@@H](O)CCN=[N+]=[N-]. The maximum atomic E-state index is 9.41. The molecule has 7 nitrogen and oxygen atoms in total. The van der Waals surface area contributed by atoms with Gasteiger partial charge in [0.1, 0.15) is 0 Å². The zero-order valence-electron chi connectivity index (χ0n) is 8.66. The van der Waals surface area contributed by atoms with Gasteiger partial charge in [0.05, 0.1) is 6.10 Å². The number of aliphatic hydroxyl groups excluding tert-OH is 1. The van der Waals surface area contributed by atoms with Gasteiger partial charge in [-0.2, -0.15) is 0 Å². The van der Waals surface area contributed by atoms with E-state index < -0.39 is 6.10 Å². The molecule has 0 heterocycles. The number of rotatable bonds is 9. The Balaban J connectivity index is 3.26. The minimum atomic E-state index is -0.394. The Morgan fingerprint density at radius 1 is 0.933 bits per heavy atom. The van der Waals surface area contributed by atoms with Crippen molar-refractivity contribution in [3.8, 4) is 0 Å². The third kappa shape index (κ3) is 10.5. The van der Waals surface area contributed by atoms with Crippen molar-refractivity contribution in [1.82, 2.24) is 0 Å². The van der Waals surface area contributed by atoms with Crippen LogP contribution in [-0.4, -0.2) is 24.3 Å². The summed E-state index contributed by atoms with van der Waals surface area (Å²) in [7, 11) is 0. The van der Waals surface area contributed by atoms with E-state index in [1.165, 1.54) is 0 Å². The van der Waals surface area contributed by atoms with Gasteiger partial charge >= 0.3 is 0 Å². The maximum absolute atomic E-state index is 9.41. The summed E-state index contributed by atoms with van der Waals surface area (Å²) in [6.45, 7) is 0.863. The van der Waals surface area contributed by atoms with Gasteiger partial charge in [-0.05, 0) is 30.3 Å². The van der Waals surface area contributed by atoms with E-state index in [-0.39, 0.29) is 0 Å². The molecule has 1 atom stereocenters. The molecule has 0 aliphatic carbocycles. The summed E-state index contributed by atoms with van der Waals surface area (Å²) < 4.78 is 0. The van der Waals surface area contributed by atoms with Gasteiger partial charge in [0.2, 0.25) is 0 Å². The van der Waals surface area contributed by atoms with Crippen LogP contribution in [-0.2, 0) is 0 Å². The smallest absolute Gasteiger partial charge is 0.0541 e. The van der Waals surface area contributed by atoms with Crippen LogP contribution in [0.1, 0.15) is 32.1 Å². The molecule has 84 valence electrons. The van der Waals surface area contributed by atoms with Crippen LogP contribution >= 0.6 is 0 Å². The second kappa shape index (κ2) is 10.7. The number of aliphatic hydroxyl groups is 1. The van der Waals surface area contributed by atoms with Crippen LogP contribution in [0.5, 0.6) is 0 Å². The fourth-order valence-electron chi connectivity index (χ4n) is 1.18. The fraction of sp³-hybridized carbons (Fsp3) is 1.00. The molecule has 0 unspecified atom stereocenters.